The summed E-state index contributed by atoms with van der Waals surface area (Å²) in [5.74, 6) is -0.221. The van der Waals surface area contributed by atoms with Crippen LogP contribution in [0, 0.1) is 12.7 Å². The fourth-order valence-corrected chi connectivity index (χ4v) is 3.23. The van der Waals surface area contributed by atoms with E-state index >= 15 is 0 Å². The molecular weight excluding hydrogens is 269 g/mol. The predicted molar refractivity (Wildman–Crippen MR) is 74.8 cm³/mol. The fraction of sp³-hybridized carbons (Fsp3) is 0.0714. The summed E-state index contributed by atoms with van der Waals surface area (Å²) in [7, 11) is 0. The molecule has 0 amide bonds. The van der Waals surface area contributed by atoms with Crippen LogP contribution < -0.4 is 0 Å². The minimum Gasteiger partial charge on any atom is -0.255 e. The van der Waals surface area contributed by atoms with Crippen molar-refractivity contribution in [1.29, 1.82) is 0 Å². The summed E-state index contributed by atoms with van der Waals surface area (Å²) in [6.07, 6.45) is 1.69. The number of fused-ring (bicyclic) bond motifs is 1. The molecule has 90 valence electrons. The number of pyridine rings is 1. The van der Waals surface area contributed by atoms with Gasteiger partial charge in [-0.1, -0.05) is 17.7 Å². The summed E-state index contributed by atoms with van der Waals surface area (Å²) in [6, 6.07) is 6.57. The summed E-state index contributed by atoms with van der Waals surface area (Å²) in [5, 5.41) is 2.72. The standard InChI is InChI=1S/C14H9ClFNS/c1-8-6-9(16)2-3-10(8)11-7-18-14-12(15)4-5-17-13(11)14/h2-7H,1H3. The normalized spacial score (nSPS) is 11.1. The third kappa shape index (κ3) is 1.80. The number of thiophene rings is 1. The average molecular weight is 278 g/mol. The maximum absolute atomic E-state index is 13.1. The molecule has 1 nitrogen and oxygen atoms in total. The Morgan fingerprint density at radius 1 is 1.22 bits per heavy atom. The molecule has 1 aromatic carbocycles. The van der Waals surface area contributed by atoms with E-state index in [0.717, 1.165) is 26.9 Å². The highest BCUT2D eigenvalue weighted by Gasteiger charge is 2.12. The molecule has 2 aromatic heterocycles. The van der Waals surface area contributed by atoms with Gasteiger partial charge >= 0.3 is 0 Å². The lowest BCUT2D eigenvalue weighted by Gasteiger charge is -2.04. The van der Waals surface area contributed by atoms with E-state index in [0.29, 0.717) is 5.02 Å². The molecule has 0 fully saturated rings. The van der Waals surface area contributed by atoms with Crippen LogP contribution in [-0.4, -0.2) is 4.98 Å². The lowest BCUT2D eigenvalue weighted by Crippen LogP contribution is -1.85. The van der Waals surface area contributed by atoms with Crippen molar-refractivity contribution >= 4 is 33.2 Å². The number of rotatable bonds is 1. The first-order chi connectivity index (χ1) is 8.66. The van der Waals surface area contributed by atoms with Gasteiger partial charge in [0.1, 0.15) is 5.82 Å². The van der Waals surface area contributed by atoms with Crippen LogP contribution in [0.2, 0.25) is 5.02 Å². The molecule has 18 heavy (non-hydrogen) atoms. The third-order valence-corrected chi connectivity index (χ3v) is 4.31. The first-order valence-electron chi connectivity index (χ1n) is 5.45. The van der Waals surface area contributed by atoms with Gasteiger partial charge in [-0.25, -0.2) is 4.39 Å². The van der Waals surface area contributed by atoms with Crippen molar-refractivity contribution in [2.24, 2.45) is 0 Å². The Morgan fingerprint density at radius 3 is 2.83 bits per heavy atom. The molecule has 0 radical (unpaired) electrons. The largest absolute Gasteiger partial charge is 0.255 e. The summed E-state index contributed by atoms with van der Waals surface area (Å²) in [5.41, 5.74) is 3.78. The lowest BCUT2D eigenvalue weighted by atomic mass is 10.0. The van der Waals surface area contributed by atoms with Crippen molar-refractivity contribution in [2.75, 3.05) is 0 Å². The molecule has 4 heteroatoms. The highest BCUT2D eigenvalue weighted by Crippen LogP contribution is 2.37. The van der Waals surface area contributed by atoms with Gasteiger partial charge in [0.15, 0.2) is 0 Å². The van der Waals surface area contributed by atoms with Gasteiger partial charge in [-0.2, -0.15) is 0 Å². The van der Waals surface area contributed by atoms with Gasteiger partial charge in [0.2, 0.25) is 0 Å². The molecule has 0 aliphatic carbocycles. The number of hydrogen-bond donors (Lipinski definition) is 0. The molecular formula is C14H9ClFNS. The number of benzene rings is 1. The summed E-state index contributed by atoms with van der Waals surface area (Å²) in [4.78, 5) is 4.37. The minimum absolute atomic E-state index is 0.221. The van der Waals surface area contributed by atoms with E-state index in [9.17, 15) is 4.39 Å². The van der Waals surface area contributed by atoms with Crippen molar-refractivity contribution in [2.45, 2.75) is 6.92 Å². The Balaban J connectivity index is 2.29. The zero-order chi connectivity index (χ0) is 12.7. The van der Waals surface area contributed by atoms with Gasteiger partial charge in [-0.05, 0) is 36.2 Å². The van der Waals surface area contributed by atoms with Crippen LogP contribution in [0.15, 0.2) is 35.8 Å². The molecule has 3 rings (SSSR count). The van der Waals surface area contributed by atoms with E-state index in [4.69, 9.17) is 11.6 Å². The van der Waals surface area contributed by atoms with Crippen LogP contribution in [0.5, 0.6) is 0 Å². The summed E-state index contributed by atoms with van der Waals surface area (Å²) in [6.45, 7) is 1.90. The van der Waals surface area contributed by atoms with Crippen molar-refractivity contribution < 1.29 is 4.39 Å². The second kappa shape index (κ2) is 4.34. The topological polar surface area (TPSA) is 12.9 Å². The average Bonchev–Trinajstić information content (AvgIpc) is 2.74. The Labute approximate surface area is 113 Å². The molecule has 0 unspecified atom stereocenters. The second-order valence-corrected chi connectivity index (χ2v) is 5.37. The number of hydrogen-bond acceptors (Lipinski definition) is 2. The van der Waals surface area contributed by atoms with Gasteiger partial charge in [-0.15, -0.1) is 11.3 Å². The SMILES string of the molecule is Cc1cc(F)ccc1-c1csc2c(Cl)ccnc12. The van der Waals surface area contributed by atoms with Crippen molar-refractivity contribution in [3.8, 4) is 11.1 Å². The number of aryl methyl sites for hydroxylation is 1. The molecule has 0 aliphatic rings. The Bertz CT molecular complexity index is 736. The molecule has 3 aromatic rings. The van der Waals surface area contributed by atoms with E-state index in [1.807, 2.05) is 12.3 Å². The first-order valence-corrected chi connectivity index (χ1v) is 6.71. The van der Waals surface area contributed by atoms with Gasteiger partial charge in [0.25, 0.3) is 0 Å². The van der Waals surface area contributed by atoms with Gasteiger partial charge in [0, 0.05) is 17.1 Å². The lowest BCUT2D eigenvalue weighted by molar-refractivity contribution is 0.627. The smallest absolute Gasteiger partial charge is 0.123 e. The van der Waals surface area contributed by atoms with Crippen molar-refractivity contribution in [3.63, 3.8) is 0 Å². The van der Waals surface area contributed by atoms with Crippen LogP contribution in [0.25, 0.3) is 21.3 Å². The molecule has 2 heterocycles. The zero-order valence-corrected chi connectivity index (χ0v) is 11.1. The molecule has 0 saturated carbocycles. The fourth-order valence-electron chi connectivity index (χ4n) is 2.02. The van der Waals surface area contributed by atoms with Crippen molar-refractivity contribution in [3.05, 3.63) is 52.2 Å². The van der Waals surface area contributed by atoms with Crippen LogP contribution in [-0.2, 0) is 0 Å². The number of nitrogens with zero attached hydrogens (tertiary/aromatic N) is 1. The quantitative estimate of drug-likeness (QED) is 0.605. The van der Waals surface area contributed by atoms with E-state index < -0.39 is 0 Å². The summed E-state index contributed by atoms with van der Waals surface area (Å²) >= 11 is 7.69. The Kier molecular flexibility index (Phi) is 2.80. The Hall–Kier alpha value is -1.45. The van der Waals surface area contributed by atoms with E-state index in [1.165, 1.54) is 12.1 Å². The molecule has 0 aliphatic heterocycles. The predicted octanol–water partition coefficient (Wildman–Crippen LogP) is 5.06. The zero-order valence-electron chi connectivity index (χ0n) is 9.58. The monoisotopic (exact) mass is 277 g/mol. The number of halogens is 2. The van der Waals surface area contributed by atoms with E-state index in [2.05, 4.69) is 4.98 Å². The maximum Gasteiger partial charge on any atom is 0.123 e. The second-order valence-electron chi connectivity index (χ2n) is 4.08. The molecule has 0 bridgehead atoms. The molecule has 0 spiro atoms. The maximum atomic E-state index is 13.1. The van der Waals surface area contributed by atoms with Crippen LogP contribution in [0.1, 0.15) is 5.56 Å². The van der Waals surface area contributed by atoms with Gasteiger partial charge in [-0.3, -0.25) is 4.98 Å². The molecule has 0 atom stereocenters. The number of aromatic nitrogens is 1. The van der Waals surface area contributed by atoms with E-state index in [1.54, 1.807) is 29.7 Å². The highest BCUT2D eigenvalue weighted by molar-refractivity contribution is 7.18. The van der Waals surface area contributed by atoms with Crippen LogP contribution in [0.3, 0.4) is 0 Å². The van der Waals surface area contributed by atoms with Crippen molar-refractivity contribution in [1.82, 2.24) is 4.98 Å². The molecule has 0 saturated heterocycles. The summed E-state index contributed by atoms with van der Waals surface area (Å²) < 4.78 is 14.1. The van der Waals surface area contributed by atoms with Crippen LogP contribution in [0.4, 0.5) is 4.39 Å². The van der Waals surface area contributed by atoms with Gasteiger partial charge in [0.05, 0.1) is 15.2 Å². The first kappa shape index (κ1) is 11.6. The third-order valence-electron chi connectivity index (χ3n) is 2.88. The van der Waals surface area contributed by atoms with E-state index in [-0.39, 0.29) is 5.82 Å². The molecule has 0 N–H and O–H groups in total. The van der Waals surface area contributed by atoms with Gasteiger partial charge < -0.3 is 0 Å². The highest BCUT2D eigenvalue weighted by atomic mass is 35.5. The van der Waals surface area contributed by atoms with Crippen LogP contribution >= 0.6 is 22.9 Å². The Morgan fingerprint density at radius 2 is 2.06 bits per heavy atom. The minimum atomic E-state index is -0.221.